The smallest absolute Gasteiger partial charge is 0.246 e. The monoisotopic (exact) mass is 409 g/mol. The van der Waals surface area contributed by atoms with Crippen LogP contribution >= 0.6 is 0 Å². The standard InChI is InChI=1S/C19H27N3O5S/c23-14-11-20-7-9-21(10-8-20)19(24)6-3-17-1-4-18(5-2-17)28(25,26)22-12-15-27-16-13-22/h1-6,23H,7-16H2. The zero-order chi connectivity index (χ0) is 20.0. The molecule has 8 nitrogen and oxygen atoms in total. The molecule has 0 saturated carbocycles. The molecule has 3 rings (SSSR count). The minimum absolute atomic E-state index is 0.0614. The Morgan fingerprint density at radius 2 is 1.68 bits per heavy atom. The van der Waals surface area contributed by atoms with E-state index in [0.29, 0.717) is 45.9 Å². The van der Waals surface area contributed by atoms with Crippen LogP contribution in [0.15, 0.2) is 35.2 Å². The lowest BCUT2D eigenvalue weighted by molar-refractivity contribution is -0.127. The third-order valence-electron chi connectivity index (χ3n) is 5.01. The van der Waals surface area contributed by atoms with Gasteiger partial charge < -0.3 is 14.7 Å². The summed E-state index contributed by atoms with van der Waals surface area (Å²) in [5, 5.41) is 8.97. The van der Waals surface area contributed by atoms with Crippen molar-refractivity contribution < 1.29 is 23.1 Å². The van der Waals surface area contributed by atoms with Crippen LogP contribution in [0.1, 0.15) is 5.56 Å². The zero-order valence-electron chi connectivity index (χ0n) is 15.9. The number of hydrogen-bond acceptors (Lipinski definition) is 6. The van der Waals surface area contributed by atoms with E-state index in [1.165, 1.54) is 10.4 Å². The number of morpholine rings is 1. The molecule has 1 aromatic rings. The lowest BCUT2D eigenvalue weighted by atomic mass is 10.2. The second-order valence-electron chi connectivity index (χ2n) is 6.81. The Hall–Kier alpha value is -1.78. The molecule has 2 saturated heterocycles. The molecule has 0 unspecified atom stereocenters. The maximum atomic E-state index is 12.6. The summed E-state index contributed by atoms with van der Waals surface area (Å²) in [5.41, 5.74) is 0.771. The minimum atomic E-state index is -3.51. The van der Waals surface area contributed by atoms with Crippen LogP contribution in [0.25, 0.3) is 6.08 Å². The Labute approximate surface area is 166 Å². The summed E-state index contributed by atoms with van der Waals surface area (Å²) in [5.74, 6) is -0.0614. The fraction of sp³-hybridized carbons (Fsp3) is 0.526. The maximum absolute atomic E-state index is 12.6. The molecule has 1 amide bonds. The molecule has 0 atom stereocenters. The van der Waals surface area contributed by atoms with Crippen molar-refractivity contribution in [1.29, 1.82) is 0 Å². The van der Waals surface area contributed by atoms with E-state index in [-0.39, 0.29) is 17.4 Å². The van der Waals surface area contributed by atoms with Crippen LogP contribution in [-0.2, 0) is 19.6 Å². The van der Waals surface area contributed by atoms with Gasteiger partial charge in [0.25, 0.3) is 0 Å². The van der Waals surface area contributed by atoms with Gasteiger partial charge in [0.05, 0.1) is 24.7 Å². The van der Waals surface area contributed by atoms with Gasteiger partial charge >= 0.3 is 0 Å². The first-order valence-corrected chi connectivity index (χ1v) is 10.9. The topological polar surface area (TPSA) is 90.4 Å². The first-order valence-electron chi connectivity index (χ1n) is 9.49. The summed E-state index contributed by atoms with van der Waals surface area (Å²) < 4.78 is 31.9. The van der Waals surface area contributed by atoms with Crippen molar-refractivity contribution in [2.45, 2.75) is 4.90 Å². The van der Waals surface area contributed by atoms with Crippen LogP contribution in [0, 0.1) is 0 Å². The van der Waals surface area contributed by atoms with Gasteiger partial charge in [0.2, 0.25) is 15.9 Å². The van der Waals surface area contributed by atoms with Gasteiger partial charge in [-0.15, -0.1) is 0 Å². The normalized spacial score (nSPS) is 20.0. The number of β-amino-alcohol motifs (C(OH)–C–C–N with tert-alkyl or cyclic N) is 1. The summed E-state index contributed by atoms with van der Waals surface area (Å²) in [4.78, 5) is 16.5. The number of hydrogen-bond donors (Lipinski definition) is 1. The SMILES string of the molecule is O=C(C=Cc1ccc(S(=O)(=O)N2CCOCC2)cc1)N1CCN(CCO)CC1. The number of aliphatic hydroxyl groups is 1. The molecule has 2 fully saturated rings. The fourth-order valence-corrected chi connectivity index (χ4v) is 4.70. The van der Waals surface area contributed by atoms with Gasteiger partial charge in [-0.05, 0) is 23.8 Å². The van der Waals surface area contributed by atoms with Crippen molar-refractivity contribution in [2.24, 2.45) is 0 Å². The third-order valence-corrected chi connectivity index (χ3v) is 6.92. The van der Waals surface area contributed by atoms with E-state index in [1.54, 1.807) is 35.2 Å². The van der Waals surface area contributed by atoms with Crippen LogP contribution in [0.3, 0.4) is 0 Å². The average molecular weight is 410 g/mol. The Balaban J connectivity index is 1.57. The largest absolute Gasteiger partial charge is 0.395 e. The lowest BCUT2D eigenvalue weighted by Crippen LogP contribution is -2.48. The number of aliphatic hydroxyl groups excluding tert-OH is 1. The molecule has 0 bridgehead atoms. The highest BCUT2D eigenvalue weighted by atomic mass is 32.2. The highest BCUT2D eigenvalue weighted by Crippen LogP contribution is 2.18. The van der Waals surface area contributed by atoms with Crippen molar-refractivity contribution in [2.75, 3.05) is 65.6 Å². The van der Waals surface area contributed by atoms with Crippen LogP contribution in [0.4, 0.5) is 0 Å². The molecule has 0 aromatic heterocycles. The van der Waals surface area contributed by atoms with E-state index in [2.05, 4.69) is 4.90 Å². The Morgan fingerprint density at radius 1 is 1.04 bits per heavy atom. The third kappa shape index (κ3) is 5.18. The molecule has 2 aliphatic heterocycles. The number of amides is 1. The number of rotatable bonds is 6. The average Bonchev–Trinajstić information content (AvgIpc) is 2.74. The minimum Gasteiger partial charge on any atom is -0.395 e. The second kappa shape index (κ2) is 9.62. The summed E-state index contributed by atoms with van der Waals surface area (Å²) in [6, 6.07) is 6.55. The lowest BCUT2D eigenvalue weighted by Gasteiger charge is -2.33. The molecule has 2 aliphatic rings. The summed E-state index contributed by atoms with van der Waals surface area (Å²) in [6.07, 6.45) is 3.22. The molecule has 0 radical (unpaired) electrons. The van der Waals surface area contributed by atoms with Gasteiger partial charge in [-0.25, -0.2) is 8.42 Å². The number of nitrogens with zero attached hydrogens (tertiary/aromatic N) is 3. The molecule has 154 valence electrons. The molecule has 1 aromatic carbocycles. The highest BCUT2D eigenvalue weighted by Gasteiger charge is 2.26. The molecule has 9 heteroatoms. The highest BCUT2D eigenvalue weighted by molar-refractivity contribution is 7.89. The zero-order valence-corrected chi connectivity index (χ0v) is 16.7. The van der Waals surface area contributed by atoms with Crippen molar-refractivity contribution in [3.63, 3.8) is 0 Å². The van der Waals surface area contributed by atoms with Gasteiger partial charge in [0.15, 0.2) is 0 Å². The predicted molar refractivity (Wildman–Crippen MR) is 105 cm³/mol. The van der Waals surface area contributed by atoms with Gasteiger partial charge in [0.1, 0.15) is 0 Å². The number of sulfonamides is 1. The number of carbonyl (C=O) groups excluding carboxylic acids is 1. The second-order valence-corrected chi connectivity index (χ2v) is 8.75. The van der Waals surface area contributed by atoms with Crippen LogP contribution in [-0.4, -0.2) is 99.2 Å². The Morgan fingerprint density at radius 3 is 2.29 bits per heavy atom. The predicted octanol–water partition coefficient (Wildman–Crippen LogP) is -0.143. The van der Waals surface area contributed by atoms with Crippen LogP contribution in [0.5, 0.6) is 0 Å². The Kier molecular flexibility index (Phi) is 7.19. The number of piperazine rings is 1. The molecular formula is C19H27N3O5S. The van der Waals surface area contributed by atoms with Crippen LogP contribution in [0.2, 0.25) is 0 Å². The van der Waals surface area contributed by atoms with Crippen molar-refractivity contribution in [3.05, 3.63) is 35.9 Å². The van der Waals surface area contributed by atoms with E-state index in [0.717, 1.165) is 18.7 Å². The van der Waals surface area contributed by atoms with Crippen molar-refractivity contribution >= 4 is 22.0 Å². The number of ether oxygens (including phenoxy) is 1. The van der Waals surface area contributed by atoms with E-state index >= 15 is 0 Å². The summed E-state index contributed by atoms with van der Waals surface area (Å²) >= 11 is 0. The van der Waals surface area contributed by atoms with Crippen molar-refractivity contribution in [1.82, 2.24) is 14.1 Å². The van der Waals surface area contributed by atoms with Crippen molar-refractivity contribution in [3.8, 4) is 0 Å². The number of carbonyl (C=O) groups is 1. The first-order chi connectivity index (χ1) is 13.5. The molecule has 28 heavy (non-hydrogen) atoms. The molecule has 2 heterocycles. The summed E-state index contributed by atoms with van der Waals surface area (Å²) in [6.45, 7) is 5.12. The fourth-order valence-electron chi connectivity index (χ4n) is 3.29. The van der Waals surface area contributed by atoms with E-state index in [1.807, 2.05) is 0 Å². The van der Waals surface area contributed by atoms with E-state index in [9.17, 15) is 13.2 Å². The van der Waals surface area contributed by atoms with Crippen LogP contribution < -0.4 is 0 Å². The molecule has 0 spiro atoms. The molecular weight excluding hydrogens is 382 g/mol. The van der Waals surface area contributed by atoms with Gasteiger partial charge in [-0.2, -0.15) is 4.31 Å². The van der Waals surface area contributed by atoms with E-state index in [4.69, 9.17) is 9.84 Å². The molecule has 0 aliphatic carbocycles. The maximum Gasteiger partial charge on any atom is 0.246 e. The van der Waals surface area contributed by atoms with Gasteiger partial charge in [-0.1, -0.05) is 12.1 Å². The Bertz CT molecular complexity index is 780. The van der Waals surface area contributed by atoms with E-state index < -0.39 is 10.0 Å². The van der Waals surface area contributed by atoms with Gasteiger partial charge in [0, 0.05) is 51.9 Å². The summed E-state index contributed by atoms with van der Waals surface area (Å²) in [7, 11) is -3.51. The molecule has 1 N–H and O–H groups in total. The first kappa shape index (κ1) is 20.9. The quantitative estimate of drug-likeness (QED) is 0.658. The van der Waals surface area contributed by atoms with Gasteiger partial charge in [-0.3, -0.25) is 9.69 Å². The number of benzene rings is 1.